The van der Waals surface area contributed by atoms with E-state index in [9.17, 15) is 4.79 Å². The van der Waals surface area contributed by atoms with Crippen LogP contribution in [0.4, 0.5) is 0 Å². The van der Waals surface area contributed by atoms with Crippen molar-refractivity contribution in [2.45, 2.75) is 6.92 Å². The second-order valence-corrected chi connectivity index (χ2v) is 8.88. The molecule has 4 rings (SSSR count). The van der Waals surface area contributed by atoms with Gasteiger partial charge in [0.1, 0.15) is 24.8 Å². The SMILES string of the molecule is COc1cc(/C=C2/C(=N)N3C(SC)=NSC3=NC2=O)cc(OC)c1OCCOc1cccc(C)c1. The number of aliphatic imine (C=N–C) groups is 1. The summed E-state index contributed by atoms with van der Waals surface area (Å²) in [6.07, 6.45) is 3.44. The van der Waals surface area contributed by atoms with Gasteiger partial charge in [0.15, 0.2) is 16.7 Å². The summed E-state index contributed by atoms with van der Waals surface area (Å²) in [5.41, 5.74) is 1.86. The zero-order chi connectivity index (χ0) is 24.9. The number of carbonyl (C=O) groups excluding carboxylic acids is 1. The van der Waals surface area contributed by atoms with Crippen LogP contribution in [-0.2, 0) is 4.79 Å². The Kier molecular flexibility index (Phi) is 7.67. The van der Waals surface area contributed by atoms with Gasteiger partial charge < -0.3 is 18.9 Å². The summed E-state index contributed by atoms with van der Waals surface area (Å²) in [6, 6.07) is 11.2. The van der Waals surface area contributed by atoms with E-state index in [1.807, 2.05) is 37.4 Å². The topological polar surface area (TPSA) is 106 Å². The van der Waals surface area contributed by atoms with E-state index in [0.717, 1.165) is 23.3 Å². The molecule has 0 radical (unpaired) electrons. The smallest absolute Gasteiger partial charge is 0.283 e. The summed E-state index contributed by atoms with van der Waals surface area (Å²) in [6.45, 7) is 2.61. The third kappa shape index (κ3) is 5.30. The molecule has 0 aromatic heterocycles. The normalized spacial score (nSPS) is 16.1. The fourth-order valence-electron chi connectivity index (χ4n) is 3.43. The predicted octanol–water partition coefficient (Wildman–Crippen LogP) is 4.41. The highest BCUT2D eigenvalue weighted by molar-refractivity contribution is 8.18. The number of hydrogen-bond acceptors (Lipinski definition) is 9. The van der Waals surface area contributed by atoms with Crippen LogP contribution in [0, 0.1) is 12.3 Å². The maximum Gasteiger partial charge on any atom is 0.283 e. The van der Waals surface area contributed by atoms with Gasteiger partial charge in [-0.1, -0.05) is 23.9 Å². The molecule has 9 nitrogen and oxygen atoms in total. The van der Waals surface area contributed by atoms with E-state index >= 15 is 0 Å². The Balaban J connectivity index is 1.54. The van der Waals surface area contributed by atoms with Crippen LogP contribution in [0.25, 0.3) is 6.08 Å². The molecule has 2 aliphatic rings. The van der Waals surface area contributed by atoms with Crippen molar-refractivity contribution in [3.8, 4) is 23.0 Å². The summed E-state index contributed by atoms with van der Waals surface area (Å²) in [5, 5.41) is 9.55. The number of ether oxygens (including phenoxy) is 4. The Bertz CT molecular complexity index is 1230. The van der Waals surface area contributed by atoms with E-state index in [2.05, 4.69) is 9.39 Å². The van der Waals surface area contributed by atoms with Crippen molar-refractivity contribution >= 4 is 51.9 Å². The molecule has 2 aromatic rings. The van der Waals surface area contributed by atoms with Gasteiger partial charge >= 0.3 is 0 Å². The number of nitrogens with one attached hydrogen (secondary N) is 1. The van der Waals surface area contributed by atoms with Crippen LogP contribution < -0.4 is 18.9 Å². The van der Waals surface area contributed by atoms with Crippen LogP contribution in [0.1, 0.15) is 11.1 Å². The molecule has 2 aromatic carbocycles. The molecular formula is C24H24N4O5S2. The van der Waals surface area contributed by atoms with Crippen molar-refractivity contribution in [1.82, 2.24) is 4.90 Å². The quantitative estimate of drug-likeness (QED) is 0.315. The van der Waals surface area contributed by atoms with Gasteiger partial charge in [0, 0.05) is 0 Å². The van der Waals surface area contributed by atoms with Crippen molar-refractivity contribution < 1.29 is 23.7 Å². The number of thioether (sulfide) groups is 1. The zero-order valence-corrected chi connectivity index (χ0v) is 21.3. The summed E-state index contributed by atoms with van der Waals surface area (Å²) < 4.78 is 27.0. The number of benzene rings is 2. The fourth-order valence-corrected chi connectivity index (χ4v) is 4.89. The summed E-state index contributed by atoms with van der Waals surface area (Å²) in [4.78, 5) is 18.3. The van der Waals surface area contributed by atoms with E-state index in [1.165, 1.54) is 26.0 Å². The van der Waals surface area contributed by atoms with Gasteiger partial charge in [-0.3, -0.25) is 10.2 Å². The van der Waals surface area contributed by atoms with Crippen LogP contribution in [0.5, 0.6) is 23.0 Å². The van der Waals surface area contributed by atoms with Gasteiger partial charge in [0.2, 0.25) is 10.9 Å². The van der Waals surface area contributed by atoms with Crippen molar-refractivity contribution in [2.24, 2.45) is 9.39 Å². The van der Waals surface area contributed by atoms with Crippen LogP contribution in [0.3, 0.4) is 0 Å². The molecule has 0 fully saturated rings. The molecule has 0 atom stereocenters. The van der Waals surface area contributed by atoms with E-state index in [4.69, 9.17) is 24.4 Å². The monoisotopic (exact) mass is 512 g/mol. The molecule has 0 bridgehead atoms. The Morgan fingerprint density at radius 2 is 1.83 bits per heavy atom. The summed E-state index contributed by atoms with van der Waals surface area (Å²) in [7, 11) is 3.05. The zero-order valence-electron chi connectivity index (χ0n) is 19.7. The standard InChI is InChI=1S/C24H24N4O5S2/c1-14-6-5-7-16(10-14)32-8-9-33-20-18(30-2)12-15(13-19(20)31-3)11-17-21(25)28-23(26-22(17)29)35-27-24(28)34-4/h5-7,10-13,25H,8-9H2,1-4H3/b17-11-,25-21?. The summed E-state index contributed by atoms with van der Waals surface area (Å²) >= 11 is 2.47. The third-order valence-electron chi connectivity index (χ3n) is 5.06. The molecule has 11 heteroatoms. The lowest BCUT2D eigenvalue weighted by Crippen LogP contribution is -2.41. The van der Waals surface area contributed by atoms with Gasteiger partial charge in [-0.2, -0.15) is 9.39 Å². The van der Waals surface area contributed by atoms with Crippen molar-refractivity contribution in [2.75, 3.05) is 33.7 Å². The molecule has 2 aliphatic heterocycles. The summed E-state index contributed by atoms with van der Waals surface area (Å²) in [5.74, 6) is 1.55. The Hall–Kier alpha value is -3.44. The van der Waals surface area contributed by atoms with Gasteiger partial charge in [-0.15, -0.1) is 0 Å². The maximum absolute atomic E-state index is 12.6. The molecule has 1 amide bonds. The second-order valence-electron chi connectivity index (χ2n) is 7.38. The number of rotatable bonds is 8. The average Bonchev–Trinajstić information content (AvgIpc) is 3.27. The molecule has 0 spiro atoms. The highest BCUT2D eigenvalue weighted by Gasteiger charge is 2.37. The predicted molar refractivity (Wildman–Crippen MR) is 140 cm³/mol. The Morgan fingerprint density at radius 1 is 1.11 bits per heavy atom. The largest absolute Gasteiger partial charge is 0.493 e. The maximum atomic E-state index is 12.6. The van der Waals surface area contributed by atoms with Gasteiger partial charge in [0.05, 0.1) is 31.7 Å². The first-order valence-electron chi connectivity index (χ1n) is 10.6. The van der Waals surface area contributed by atoms with Crippen molar-refractivity contribution in [3.05, 3.63) is 53.1 Å². The fraction of sp³-hybridized carbons (Fsp3) is 0.250. The second kappa shape index (κ2) is 10.9. The molecule has 2 heterocycles. The first-order chi connectivity index (χ1) is 16.9. The Labute approximate surface area is 211 Å². The minimum absolute atomic E-state index is 0.0182. The molecule has 1 N–H and O–H groups in total. The molecule has 0 saturated heterocycles. The number of amides is 1. The number of fused-ring (bicyclic) bond motifs is 1. The molecular weight excluding hydrogens is 488 g/mol. The molecule has 182 valence electrons. The van der Waals surface area contributed by atoms with Crippen molar-refractivity contribution in [1.29, 1.82) is 5.41 Å². The molecule has 0 aliphatic carbocycles. The highest BCUT2D eigenvalue weighted by atomic mass is 32.2. The van der Waals surface area contributed by atoms with Crippen LogP contribution in [-0.4, -0.2) is 60.7 Å². The van der Waals surface area contributed by atoms with Crippen LogP contribution in [0.15, 0.2) is 51.4 Å². The minimum atomic E-state index is -0.502. The number of nitrogens with zero attached hydrogens (tertiary/aromatic N) is 3. The number of hydrogen-bond donors (Lipinski definition) is 1. The minimum Gasteiger partial charge on any atom is -0.493 e. The highest BCUT2D eigenvalue weighted by Crippen LogP contribution is 2.40. The number of carbonyl (C=O) groups is 1. The van der Waals surface area contributed by atoms with E-state index in [1.54, 1.807) is 23.1 Å². The molecule has 0 saturated carbocycles. The van der Waals surface area contributed by atoms with Crippen molar-refractivity contribution in [3.63, 3.8) is 0 Å². The lowest BCUT2D eigenvalue weighted by molar-refractivity contribution is -0.114. The first kappa shape index (κ1) is 24.7. The van der Waals surface area contributed by atoms with Gasteiger partial charge in [-0.25, -0.2) is 4.90 Å². The van der Waals surface area contributed by atoms with Gasteiger partial charge in [-0.05, 0) is 54.6 Å². The number of methoxy groups -OCH3 is 2. The number of amidine groups is 3. The third-order valence-corrected chi connectivity index (χ3v) is 6.51. The van der Waals surface area contributed by atoms with Crippen LogP contribution >= 0.6 is 23.7 Å². The Morgan fingerprint density at radius 3 is 2.49 bits per heavy atom. The number of aryl methyl sites for hydroxylation is 1. The molecule has 35 heavy (non-hydrogen) atoms. The van der Waals surface area contributed by atoms with E-state index in [0.29, 0.717) is 39.8 Å². The lowest BCUT2D eigenvalue weighted by atomic mass is 10.1. The van der Waals surface area contributed by atoms with Gasteiger partial charge in [0.25, 0.3) is 5.91 Å². The lowest BCUT2D eigenvalue weighted by Gasteiger charge is -2.24. The average molecular weight is 513 g/mol. The van der Waals surface area contributed by atoms with E-state index < -0.39 is 5.91 Å². The van der Waals surface area contributed by atoms with Crippen LogP contribution in [0.2, 0.25) is 0 Å². The molecule has 0 unspecified atom stereocenters. The first-order valence-corrected chi connectivity index (χ1v) is 12.6. The van der Waals surface area contributed by atoms with E-state index in [-0.39, 0.29) is 18.0 Å².